The van der Waals surface area contributed by atoms with Crippen molar-refractivity contribution in [3.63, 3.8) is 0 Å². The molecule has 1 heterocycles. The van der Waals surface area contributed by atoms with Gasteiger partial charge in [-0.3, -0.25) is 14.3 Å². The monoisotopic (exact) mass is 217 g/mol. The van der Waals surface area contributed by atoms with E-state index in [1.54, 1.807) is 0 Å². The molecule has 0 unspecified atom stereocenters. The normalized spacial score (nSPS) is 10.4. The summed E-state index contributed by atoms with van der Waals surface area (Å²) >= 11 is 5.61. The Morgan fingerprint density at radius 2 is 2.14 bits per heavy atom. The second kappa shape index (κ2) is 4.32. The molecule has 1 rings (SSSR count). The van der Waals surface area contributed by atoms with Gasteiger partial charge in [-0.15, -0.1) is 0 Å². The Kier molecular flexibility index (Phi) is 3.35. The summed E-state index contributed by atoms with van der Waals surface area (Å²) < 4.78 is 1.27. The molecule has 6 heteroatoms. The summed E-state index contributed by atoms with van der Waals surface area (Å²) in [5.41, 5.74) is 4.39. The Morgan fingerprint density at radius 3 is 2.71 bits per heavy atom. The summed E-state index contributed by atoms with van der Waals surface area (Å²) in [4.78, 5) is 24.4. The molecule has 0 aliphatic carbocycles. The Bertz CT molecular complexity index is 435. The third-order valence-electron chi connectivity index (χ3n) is 1.92. The predicted molar refractivity (Wildman–Crippen MR) is 55.7 cm³/mol. The molecular weight excluding hydrogens is 206 g/mol. The lowest BCUT2D eigenvalue weighted by molar-refractivity contribution is 0.605. The fourth-order valence-corrected chi connectivity index (χ4v) is 1.25. The van der Waals surface area contributed by atoms with Crippen LogP contribution in [0.3, 0.4) is 0 Å². The molecule has 0 aromatic carbocycles. The number of rotatable bonds is 3. The first-order chi connectivity index (χ1) is 6.57. The molecule has 0 saturated carbocycles. The van der Waals surface area contributed by atoms with Gasteiger partial charge in [-0.05, 0) is 6.42 Å². The van der Waals surface area contributed by atoms with E-state index in [4.69, 9.17) is 17.3 Å². The highest BCUT2D eigenvalue weighted by molar-refractivity contribution is 6.32. The topological polar surface area (TPSA) is 80.9 Å². The van der Waals surface area contributed by atoms with Gasteiger partial charge in [0.2, 0.25) is 0 Å². The second-order valence-electron chi connectivity index (χ2n) is 2.96. The molecule has 78 valence electrons. The zero-order valence-electron chi connectivity index (χ0n) is 7.84. The van der Waals surface area contributed by atoms with Gasteiger partial charge in [0.25, 0.3) is 5.56 Å². The Labute approximate surface area is 85.5 Å². The van der Waals surface area contributed by atoms with Crippen LogP contribution in [0.25, 0.3) is 0 Å². The largest absolute Gasteiger partial charge is 0.384 e. The Morgan fingerprint density at radius 1 is 1.50 bits per heavy atom. The van der Waals surface area contributed by atoms with E-state index in [1.807, 2.05) is 6.92 Å². The summed E-state index contributed by atoms with van der Waals surface area (Å²) in [5, 5.41) is -0.124. The quantitative estimate of drug-likeness (QED) is 0.777. The highest BCUT2D eigenvalue weighted by Gasteiger charge is 2.08. The van der Waals surface area contributed by atoms with Gasteiger partial charge in [-0.1, -0.05) is 24.9 Å². The summed E-state index contributed by atoms with van der Waals surface area (Å²) in [7, 11) is 0. The van der Waals surface area contributed by atoms with Crippen molar-refractivity contribution in [3.05, 3.63) is 25.9 Å². The number of anilines is 1. The van der Waals surface area contributed by atoms with E-state index in [1.165, 1.54) is 4.57 Å². The number of aromatic nitrogens is 2. The lowest BCUT2D eigenvalue weighted by atomic mass is 10.3. The van der Waals surface area contributed by atoms with Gasteiger partial charge in [-0.2, -0.15) is 0 Å². The van der Waals surface area contributed by atoms with Gasteiger partial charge < -0.3 is 5.73 Å². The lowest BCUT2D eigenvalue weighted by Crippen LogP contribution is -2.32. The van der Waals surface area contributed by atoms with Crippen molar-refractivity contribution in [3.8, 4) is 0 Å². The molecular formula is C8H12ClN3O2. The first-order valence-corrected chi connectivity index (χ1v) is 4.73. The smallest absolute Gasteiger partial charge is 0.329 e. The summed E-state index contributed by atoms with van der Waals surface area (Å²) in [6.45, 7) is 2.46. The number of nitrogen functional groups attached to an aromatic ring is 1. The minimum absolute atomic E-state index is 0.0360. The SMILES string of the molecule is CCCCn1c(N)c(Cl)c(=O)[nH]c1=O. The van der Waals surface area contributed by atoms with E-state index in [0.717, 1.165) is 12.8 Å². The minimum Gasteiger partial charge on any atom is -0.384 e. The van der Waals surface area contributed by atoms with Crippen LogP contribution in [0.4, 0.5) is 5.82 Å². The highest BCUT2D eigenvalue weighted by Crippen LogP contribution is 2.10. The summed E-state index contributed by atoms with van der Waals surface area (Å²) in [6.07, 6.45) is 1.75. The fraction of sp³-hybridized carbons (Fsp3) is 0.500. The van der Waals surface area contributed by atoms with E-state index in [-0.39, 0.29) is 10.8 Å². The van der Waals surface area contributed by atoms with Crippen LogP contribution in [0, 0.1) is 0 Å². The van der Waals surface area contributed by atoms with E-state index >= 15 is 0 Å². The molecule has 0 fully saturated rings. The van der Waals surface area contributed by atoms with Crippen LogP contribution in [0.1, 0.15) is 19.8 Å². The molecule has 0 aliphatic rings. The summed E-state index contributed by atoms with van der Waals surface area (Å²) in [5.74, 6) is 0.0360. The van der Waals surface area contributed by atoms with Crippen molar-refractivity contribution < 1.29 is 0 Å². The van der Waals surface area contributed by atoms with Crippen molar-refractivity contribution >= 4 is 17.4 Å². The van der Waals surface area contributed by atoms with Crippen molar-refractivity contribution in [2.75, 3.05) is 5.73 Å². The predicted octanol–water partition coefficient (Wildman–Crippen LogP) is 0.572. The molecule has 0 spiro atoms. The van der Waals surface area contributed by atoms with Crippen LogP contribution in [0.5, 0.6) is 0 Å². The van der Waals surface area contributed by atoms with Crippen molar-refractivity contribution in [2.24, 2.45) is 0 Å². The number of nitrogens with two attached hydrogens (primary N) is 1. The molecule has 0 radical (unpaired) electrons. The van der Waals surface area contributed by atoms with Gasteiger partial charge in [0, 0.05) is 6.54 Å². The van der Waals surface area contributed by atoms with Gasteiger partial charge in [-0.25, -0.2) is 4.79 Å². The maximum atomic E-state index is 11.3. The number of unbranched alkanes of at least 4 members (excludes halogenated alkanes) is 1. The van der Waals surface area contributed by atoms with Crippen LogP contribution in [0.2, 0.25) is 5.02 Å². The number of nitrogens with zero attached hydrogens (tertiary/aromatic N) is 1. The van der Waals surface area contributed by atoms with E-state index < -0.39 is 11.2 Å². The number of H-pyrrole nitrogens is 1. The number of hydrogen-bond donors (Lipinski definition) is 2. The molecule has 0 atom stereocenters. The highest BCUT2D eigenvalue weighted by atomic mass is 35.5. The molecule has 1 aromatic rings. The number of aromatic amines is 1. The Hall–Kier alpha value is -1.23. The van der Waals surface area contributed by atoms with Gasteiger partial charge in [0.05, 0.1) is 0 Å². The standard InChI is InChI=1S/C8H12ClN3O2/c1-2-3-4-12-6(10)5(9)7(13)11-8(12)14/h2-4,10H2,1H3,(H,11,13,14). The molecule has 0 amide bonds. The molecule has 14 heavy (non-hydrogen) atoms. The molecule has 0 saturated heterocycles. The average molecular weight is 218 g/mol. The van der Waals surface area contributed by atoms with Crippen LogP contribution < -0.4 is 17.0 Å². The van der Waals surface area contributed by atoms with Gasteiger partial charge >= 0.3 is 5.69 Å². The van der Waals surface area contributed by atoms with E-state index in [2.05, 4.69) is 4.98 Å². The zero-order valence-corrected chi connectivity index (χ0v) is 8.60. The second-order valence-corrected chi connectivity index (χ2v) is 3.34. The van der Waals surface area contributed by atoms with E-state index in [9.17, 15) is 9.59 Å². The molecule has 0 aliphatic heterocycles. The van der Waals surface area contributed by atoms with Crippen molar-refractivity contribution in [1.29, 1.82) is 0 Å². The van der Waals surface area contributed by atoms with Crippen LogP contribution in [-0.4, -0.2) is 9.55 Å². The van der Waals surface area contributed by atoms with Crippen LogP contribution in [-0.2, 0) is 6.54 Å². The average Bonchev–Trinajstić information content (AvgIpc) is 2.14. The van der Waals surface area contributed by atoms with Crippen LogP contribution in [0.15, 0.2) is 9.59 Å². The third kappa shape index (κ3) is 1.98. The number of halogens is 1. The van der Waals surface area contributed by atoms with Crippen molar-refractivity contribution in [1.82, 2.24) is 9.55 Å². The summed E-state index contributed by atoms with van der Waals surface area (Å²) in [6, 6.07) is 0. The van der Waals surface area contributed by atoms with Gasteiger partial charge in [0.1, 0.15) is 10.8 Å². The van der Waals surface area contributed by atoms with Crippen LogP contribution >= 0.6 is 11.6 Å². The van der Waals surface area contributed by atoms with Gasteiger partial charge in [0.15, 0.2) is 0 Å². The lowest BCUT2D eigenvalue weighted by Gasteiger charge is -2.08. The maximum Gasteiger partial charge on any atom is 0.329 e. The maximum absolute atomic E-state index is 11.3. The zero-order chi connectivity index (χ0) is 10.7. The molecule has 0 bridgehead atoms. The molecule has 1 aromatic heterocycles. The molecule has 3 N–H and O–H groups in total. The fourth-order valence-electron chi connectivity index (χ4n) is 1.10. The minimum atomic E-state index is -0.637. The Balaban J connectivity index is 3.23. The first kappa shape index (κ1) is 10.8. The van der Waals surface area contributed by atoms with Crippen molar-refractivity contribution in [2.45, 2.75) is 26.3 Å². The number of nitrogens with one attached hydrogen (secondary N) is 1. The molecule has 5 nitrogen and oxygen atoms in total. The third-order valence-corrected chi connectivity index (χ3v) is 2.28. The van der Waals surface area contributed by atoms with E-state index in [0.29, 0.717) is 6.54 Å². The number of hydrogen-bond acceptors (Lipinski definition) is 3. The first-order valence-electron chi connectivity index (χ1n) is 4.36.